The number of hydrogen-bond acceptors (Lipinski definition) is 3. The zero-order valence-corrected chi connectivity index (χ0v) is 20.5. The Bertz CT molecular complexity index is 1100. The fourth-order valence-electron chi connectivity index (χ4n) is 4.57. The molecule has 0 atom stereocenters. The van der Waals surface area contributed by atoms with Crippen LogP contribution >= 0.6 is 11.6 Å². The molecule has 4 rings (SSSR count). The summed E-state index contributed by atoms with van der Waals surface area (Å²) >= 11 is 6.29. The van der Waals surface area contributed by atoms with Crippen molar-refractivity contribution in [3.05, 3.63) is 76.4 Å². The summed E-state index contributed by atoms with van der Waals surface area (Å²) in [5.74, 6) is 0.00605. The Balaban J connectivity index is 1.24. The Morgan fingerprint density at radius 2 is 1.73 bits per heavy atom. The second kappa shape index (κ2) is 10.4. The first-order chi connectivity index (χ1) is 16.0. The maximum Gasteiger partial charge on any atom is 0.253 e. The number of amides is 1. The fourth-order valence-corrected chi connectivity index (χ4v) is 4.74. The molecule has 0 bridgehead atoms. The highest BCUT2D eigenvalue weighted by Crippen LogP contribution is 2.27. The molecule has 1 N–H and O–H groups in total. The Labute approximate surface area is 202 Å². The van der Waals surface area contributed by atoms with E-state index in [1.165, 1.54) is 5.69 Å². The minimum absolute atomic E-state index is 0.00605. The maximum absolute atomic E-state index is 12.8. The van der Waals surface area contributed by atoms with Crippen molar-refractivity contribution in [1.29, 1.82) is 0 Å². The predicted molar refractivity (Wildman–Crippen MR) is 137 cm³/mol. The lowest BCUT2D eigenvalue weighted by Crippen LogP contribution is -2.47. The number of carbonyl (C=O) groups excluding carboxylic acids is 1. The van der Waals surface area contributed by atoms with Crippen LogP contribution in [0.2, 0.25) is 5.02 Å². The van der Waals surface area contributed by atoms with Gasteiger partial charge in [-0.05, 0) is 56.1 Å². The van der Waals surface area contributed by atoms with Gasteiger partial charge in [0.25, 0.3) is 5.91 Å². The number of aromatic nitrogens is 1. The van der Waals surface area contributed by atoms with Gasteiger partial charge in [0.1, 0.15) is 0 Å². The molecular weight excluding hydrogens is 432 g/mol. The number of rotatable bonds is 7. The van der Waals surface area contributed by atoms with Gasteiger partial charge in [-0.1, -0.05) is 48.0 Å². The van der Waals surface area contributed by atoms with E-state index in [1.807, 2.05) is 50.4 Å². The van der Waals surface area contributed by atoms with Crippen LogP contribution in [0.3, 0.4) is 0 Å². The van der Waals surface area contributed by atoms with Crippen molar-refractivity contribution in [2.75, 3.05) is 44.2 Å². The lowest BCUT2D eigenvalue weighted by Gasteiger charge is -2.37. The first kappa shape index (κ1) is 23.4. The molecule has 1 saturated heterocycles. The van der Waals surface area contributed by atoms with Crippen molar-refractivity contribution in [2.45, 2.75) is 20.3 Å². The Hall–Kier alpha value is -2.76. The van der Waals surface area contributed by atoms with E-state index in [4.69, 9.17) is 11.6 Å². The van der Waals surface area contributed by atoms with Crippen molar-refractivity contribution < 1.29 is 4.79 Å². The number of halogens is 1. The van der Waals surface area contributed by atoms with Crippen LogP contribution in [0.5, 0.6) is 0 Å². The van der Waals surface area contributed by atoms with Crippen LogP contribution in [-0.2, 0) is 7.05 Å². The van der Waals surface area contributed by atoms with Gasteiger partial charge in [-0.2, -0.15) is 0 Å². The lowest BCUT2D eigenvalue weighted by molar-refractivity contribution is 0.0951. The zero-order valence-electron chi connectivity index (χ0n) is 19.8. The van der Waals surface area contributed by atoms with Crippen molar-refractivity contribution in [2.24, 2.45) is 7.05 Å². The molecule has 0 aliphatic carbocycles. The molecule has 0 saturated carbocycles. The number of nitrogens with zero attached hydrogens (tertiary/aromatic N) is 3. The van der Waals surface area contributed by atoms with Crippen LogP contribution in [0.15, 0.2) is 54.6 Å². The molecule has 0 unspecified atom stereocenters. The van der Waals surface area contributed by atoms with E-state index in [9.17, 15) is 4.79 Å². The van der Waals surface area contributed by atoms with Crippen LogP contribution in [0.1, 0.15) is 28.0 Å². The van der Waals surface area contributed by atoms with Crippen molar-refractivity contribution >= 4 is 23.2 Å². The van der Waals surface area contributed by atoms with Gasteiger partial charge in [-0.15, -0.1) is 0 Å². The van der Waals surface area contributed by atoms with Crippen LogP contribution in [0.4, 0.5) is 5.69 Å². The van der Waals surface area contributed by atoms with Crippen molar-refractivity contribution in [1.82, 2.24) is 14.8 Å². The van der Waals surface area contributed by atoms with E-state index < -0.39 is 0 Å². The van der Waals surface area contributed by atoms with Gasteiger partial charge in [-0.25, -0.2) is 0 Å². The van der Waals surface area contributed by atoms with E-state index in [2.05, 4.69) is 44.8 Å². The highest BCUT2D eigenvalue weighted by atomic mass is 35.5. The number of anilines is 1. The normalized spacial score (nSPS) is 14.5. The van der Waals surface area contributed by atoms with Crippen LogP contribution < -0.4 is 10.2 Å². The number of benzene rings is 2. The van der Waals surface area contributed by atoms with E-state index >= 15 is 0 Å². The number of carbonyl (C=O) groups is 1. The van der Waals surface area contributed by atoms with E-state index in [0.717, 1.165) is 72.2 Å². The number of nitrogens with one attached hydrogen (secondary N) is 1. The maximum atomic E-state index is 12.8. The van der Waals surface area contributed by atoms with Crippen LogP contribution in [0.25, 0.3) is 11.3 Å². The minimum Gasteiger partial charge on any atom is -0.369 e. The molecule has 1 aliphatic heterocycles. The quantitative estimate of drug-likeness (QED) is 0.505. The SMILES string of the molecule is Cc1c(Cl)cccc1N1CCN(CCCNC(=O)c2cc(-c3ccccc3)n(C)c2C)CC1. The van der Waals surface area contributed by atoms with Crippen molar-refractivity contribution in [3.63, 3.8) is 0 Å². The molecule has 1 fully saturated rings. The highest BCUT2D eigenvalue weighted by molar-refractivity contribution is 6.31. The molecule has 1 aromatic heterocycles. The summed E-state index contributed by atoms with van der Waals surface area (Å²) in [6.45, 7) is 9.81. The molecule has 1 amide bonds. The summed E-state index contributed by atoms with van der Waals surface area (Å²) in [7, 11) is 2.01. The topological polar surface area (TPSA) is 40.5 Å². The van der Waals surface area contributed by atoms with E-state index in [1.54, 1.807) is 0 Å². The van der Waals surface area contributed by atoms with Crippen LogP contribution in [0, 0.1) is 13.8 Å². The summed E-state index contributed by atoms with van der Waals surface area (Å²) in [5, 5.41) is 3.94. The largest absolute Gasteiger partial charge is 0.369 e. The van der Waals surface area contributed by atoms with Gasteiger partial charge in [0.15, 0.2) is 0 Å². The first-order valence-corrected chi connectivity index (χ1v) is 12.1. The molecule has 5 nitrogen and oxygen atoms in total. The molecule has 0 spiro atoms. The molecule has 6 heteroatoms. The molecule has 2 aromatic carbocycles. The summed E-state index contributed by atoms with van der Waals surface area (Å²) < 4.78 is 2.09. The van der Waals surface area contributed by atoms with Gasteiger partial charge >= 0.3 is 0 Å². The molecule has 2 heterocycles. The second-order valence-corrected chi connectivity index (χ2v) is 9.18. The van der Waals surface area contributed by atoms with E-state index in [-0.39, 0.29) is 5.91 Å². The Morgan fingerprint density at radius 3 is 2.45 bits per heavy atom. The third-order valence-electron chi connectivity index (χ3n) is 6.74. The Kier molecular flexibility index (Phi) is 7.41. The summed E-state index contributed by atoms with van der Waals surface area (Å²) in [6.07, 6.45) is 0.944. The lowest BCUT2D eigenvalue weighted by atomic mass is 10.1. The molecule has 1 aliphatic rings. The zero-order chi connectivity index (χ0) is 23.4. The van der Waals surface area contributed by atoms with Crippen LogP contribution in [-0.4, -0.2) is 54.6 Å². The average molecular weight is 465 g/mol. The van der Waals surface area contributed by atoms with E-state index in [0.29, 0.717) is 6.54 Å². The summed E-state index contributed by atoms with van der Waals surface area (Å²) in [6, 6.07) is 18.3. The fraction of sp³-hybridized carbons (Fsp3) is 0.370. The van der Waals surface area contributed by atoms with Crippen molar-refractivity contribution in [3.8, 4) is 11.3 Å². The number of hydrogen-bond donors (Lipinski definition) is 1. The van der Waals surface area contributed by atoms with Gasteiger partial charge in [-0.3, -0.25) is 9.69 Å². The predicted octanol–water partition coefficient (Wildman–Crippen LogP) is 4.90. The highest BCUT2D eigenvalue weighted by Gasteiger charge is 2.19. The summed E-state index contributed by atoms with van der Waals surface area (Å²) in [4.78, 5) is 17.7. The second-order valence-electron chi connectivity index (χ2n) is 8.78. The minimum atomic E-state index is 0.00605. The smallest absolute Gasteiger partial charge is 0.253 e. The van der Waals surface area contributed by atoms with Gasteiger partial charge < -0.3 is 14.8 Å². The molecular formula is C27H33ClN4O. The van der Waals surface area contributed by atoms with Gasteiger partial charge in [0.05, 0.1) is 5.56 Å². The first-order valence-electron chi connectivity index (χ1n) is 11.7. The number of piperazine rings is 1. The van der Waals surface area contributed by atoms with Gasteiger partial charge in [0, 0.05) is 61.9 Å². The molecule has 3 aromatic rings. The molecule has 0 radical (unpaired) electrons. The third kappa shape index (κ3) is 5.26. The molecule has 174 valence electrons. The van der Waals surface area contributed by atoms with Gasteiger partial charge in [0.2, 0.25) is 0 Å². The average Bonchev–Trinajstić information content (AvgIpc) is 3.14. The summed E-state index contributed by atoms with van der Waals surface area (Å²) in [5.41, 5.74) is 6.31. The standard InChI is InChI=1S/C27H33ClN4O/c1-20-24(28)11-7-12-25(20)32-17-15-31(16-18-32)14-8-13-29-27(33)23-19-26(30(3)21(23)2)22-9-5-4-6-10-22/h4-7,9-12,19H,8,13-18H2,1-3H3,(H,29,33). The Morgan fingerprint density at radius 1 is 1.00 bits per heavy atom. The third-order valence-corrected chi connectivity index (χ3v) is 7.15. The molecule has 33 heavy (non-hydrogen) atoms. The monoisotopic (exact) mass is 464 g/mol.